The van der Waals surface area contributed by atoms with Crippen LogP contribution in [0.5, 0.6) is 5.75 Å². The minimum atomic E-state index is -4.75. The van der Waals surface area contributed by atoms with Gasteiger partial charge >= 0.3 is 12.4 Å². The molecule has 1 aliphatic carbocycles. The topological polar surface area (TPSA) is 84.6 Å². The number of hydrogen-bond acceptors (Lipinski definition) is 5. The van der Waals surface area contributed by atoms with Gasteiger partial charge in [-0.3, -0.25) is 0 Å². The molecule has 4 aromatic rings. The zero-order valence-electron chi connectivity index (χ0n) is 26.0. The van der Waals surface area contributed by atoms with Crippen LogP contribution in [0, 0.1) is 6.92 Å². The van der Waals surface area contributed by atoms with Gasteiger partial charge in [-0.2, -0.15) is 4.99 Å². The predicted octanol–water partition coefficient (Wildman–Crippen LogP) is 8.35. The van der Waals surface area contributed by atoms with E-state index in [0.717, 1.165) is 47.0 Å². The summed E-state index contributed by atoms with van der Waals surface area (Å²) in [6.07, 6.45) is -0.626. The monoisotopic (exact) mass is 648 g/mol. The van der Waals surface area contributed by atoms with Crippen molar-refractivity contribution >= 4 is 28.6 Å². The summed E-state index contributed by atoms with van der Waals surface area (Å²) in [5.74, 6) is 1.39. The highest BCUT2D eigenvalue weighted by molar-refractivity contribution is 8.14. The van der Waals surface area contributed by atoms with Crippen molar-refractivity contribution in [3.8, 4) is 22.8 Å². The van der Waals surface area contributed by atoms with Crippen molar-refractivity contribution < 1.29 is 22.7 Å². The molecule has 12 heteroatoms. The van der Waals surface area contributed by atoms with Crippen molar-refractivity contribution in [1.82, 2.24) is 20.1 Å². The molecule has 2 amide bonds. The Morgan fingerprint density at radius 1 is 1.09 bits per heavy atom. The second-order valence-corrected chi connectivity index (χ2v) is 13.2. The van der Waals surface area contributed by atoms with Crippen LogP contribution in [0.3, 0.4) is 0 Å². The zero-order valence-corrected chi connectivity index (χ0v) is 26.8. The zero-order chi connectivity index (χ0) is 32.6. The number of urea groups is 1. The number of aliphatic imine (C=N–C) groups is 1. The van der Waals surface area contributed by atoms with Crippen LogP contribution >= 0.6 is 11.8 Å². The third-order valence-electron chi connectivity index (χ3n) is 8.30. The maximum absolute atomic E-state index is 13.4. The van der Waals surface area contributed by atoms with Crippen LogP contribution in [0.15, 0.2) is 78.0 Å². The Bertz CT molecular complexity index is 1750. The quantitative estimate of drug-likeness (QED) is 0.217. The molecule has 0 spiro atoms. The Labute approximate surface area is 270 Å². The number of aryl methyl sites for hydroxylation is 1. The molecular weight excluding hydrogens is 613 g/mol. The summed E-state index contributed by atoms with van der Waals surface area (Å²) in [6, 6.07) is 19.5. The number of rotatable bonds is 7. The van der Waals surface area contributed by atoms with Crippen LogP contribution in [0.2, 0.25) is 0 Å². The normalized spacial score (nSPS) is 18.6. The molecule has 8 nitrogen and oxygen atoms in total. The third kappa shape index (κ3) is 6.91. The van der Waals surface area contributed by atoms with Crippen LogP contribution in [0.4, 0.5) is 23.7 Å². The summed E-state index contributed by atoms with van der Waals surface area (Å²) >= 11 is 1.62. The highest BCUT2D eigenvalue weighted by Crippen LogP contribution is 2.46. The van der Waals surface area contributed by atoms with Crippen LogP contribution in [0.1, 0.15) is 62.6 Å². The average Bonchev–Trinajstić information content (AvgIpc) is 3.60. The van der Waals surface area contributed by atoms with Gasteiger partial charge in [-0.15, -0.1) is 18.3 Å². The summed E-state index contributed by atoms with van der Waals surface area (Å²) in [7, 11) is 0. The summed E-state index contributed by atoms with van der Waals surface area (Å²) < 4.78 is 42.8. The molecule has 2 heterocycles. The Balaban J connectivity index is 1.16. The molecule has 3 aromatic carbocycles. The van der Waals surface area contributed by atoms with E-state index in [0.29, 0.717) is 17.4 Å². The molecule has 46 heavy (non-hydrogen) atoms. The molecule has 240 valence electrons. The summed E-state index contributed by atoms with van der Waals surface area (Å²) in [6.45, 7) is 8.64. The lowest BCUT2D eigenvalue weighted by atomic mass is 9.98. The number of thioether (sulfide) groups is 1. The number of amidine groups is 1. The maximum Gasteiger partial charge on any atom is 0.573 e. The van der Waals surface area contributed by atoms with Gasteiger partial charge < -0.3 is 15.0 Å². The van der Waals surface area contributed by atoms with Gasteiger partial charge in [0, 0.05) is 23.0 Å². The Hall–Kier alpha value is -4.32. The van der Waals surface area contributed by atoms with Gasteiger partial charge in [-0.25, -0.2) is 14.5 Å². The average molecular weight is 649 g/mol. The first kappa shape index (κ1) is 31.7. The van der Waals surface area contributed by atoms with E-state index in [-0.39, 0.29) is 17.8 Å². The van der Waals surface area contributed by atoms with E-state index in [2.05, 4.69) is 75.9 Å². The first-order valence-corrected chi connectivity index (χ1v) is 16.2. The summed E-state index contributed by atoms with van der Waals surface area (Å²) in [5, 5.41) is 8.39. The van der Waals surface area contributed by atoms with Crippen molar-refractivity contribution in [3.05, 3.63) is 89.7 Å². The maximum atomic E-state index is 13.4. The number of nitrogens with one attached hydrogen (secondary N) is 1. The standard InChI is InChI=1S/C34H35F3N6O2S/c1-21(2)28-14-5-22(3)19-29(28)43-23(4)15-18-46-32(43)39-31(44)40-33(16-17-33)25-8-6-24(7-9-25)30-38-20-42(41-30)26-10-12-27(13-11-26)45-34(35,36)37/h5-14,19-21,23H,15-18H2,1-4H3,(H,40,44). The van der Waals surface area contributed by atoms with Crippen LogP contribution in [-0.2, 0) is 5.54 Å². The molecule has 0 radical (unpaired) electrons. The lowest BCUT2D eigenvalue weighted by Gasteiger charge is -2.37. The number of benzene rings is 3. The van der Waals surface area contributed by atoms with E-state index in [4.69, 9.17) is 0 Å². The Morgan fingerprint density at radius 2 is 1.80 bits per heavy atom. The molecule has 1 N–H and O–H groups in total. The number of ether oxygens (including phenoxy) is 1. The lowest BCUT2D eigenvalue weighted by molar-refractivity contribution is -0.274. The minimum Gasteiger partial charge on any atom is -0.406 e. The van der Waals surface area contributed by atoms with Crippen molar-refractivity contribution in [2.24, 2.45) is 4.99 Å². The van der Waals surface area contributed by atoms with E-state index >= 15 is 0 Å². The van der Waals surface area contributed by atoms with Gasteiger partial charge in [0.25, 0.3) is 0 Å². The van der Waals surface area contributed by atoms with E-state index in [1.807, 2.05) is 24.3 Å². The minimum absolute atomic E-state index is 0.217. The van der Waals surface area contributed by atoms with E-state index in [9.17, 15) is 18.0 Å². The number of carbonyl (C=O) groups is 1. The summed E-state index contributed by atoms with van der Waals surface area (Å²) in [5.41, 5.74) is 5.33. The van der Waals surface area contributed by atoms with Gasteiger partial charge in [-0.1, -0.05) is 62.0 Å². The van der Waals surface area contributed by atoms with Crippen molar-refractivity contribution in [2.75, 3.05) is 10.7 Å². The van der Waals surface area contributed by atoms with E-state index in [1.54, 1.807) is 11.8 Å². The molecule has 2 fully saturated rings. The summed E-state index contributed by atoms with van der Waals surface area (Å²) in [4.78, 5) is 24.6. The predicted molar refractivity (Wildman–Crippen MR) is 175 cm³/mol. The van der Waals surface area contributed by atoms with Gasteiger partial charge in [0.2, 0.25) is 0 Å². The number of amides is 2. The number of alkyl halides is 3. The molecule has 2 aliphatic rings. The first-order valence-electron chi connectivity index (χ1n) is 15.2. The second kappa shape index (κ2) is 12.5. The highest BCUT2D eigenvalue weighted by atomic mass is 32.2. The Kier molecular flexibility index (Phi) is 8.58. The van der Waals surface area contributed by atoms with Crippen molar-refractivity contribution in [2.45, 2.75) is 70.8 Å². The largest absolute Gasteiger partial charge is 0.573 e. The fourth-order valence-corrected chi connectivity index (χ4v) is 6.88. The highest BCUT2D eigenvalue weighted by Gasteiger charge is 2.46. The number of carbonyl (C=O) groups excluding carboxylic acids is 1. The third-order valence-corrected chi connectivity index (χ3v) is 9.28. The van der Waals surface area contributed by atoms with Gasteiger partial charge in [0.05, 0.1) is 11.2 Å². The molecule has 0 bridgehead atoms. The Morgan fingerprint density at radius 3 is 2.46 bits per heavy atom. The fourth-order valence-electron chi connectivity index (χ4n) is 5.67. The number of halogens is 3. The number of aromatic nitrogens is 3. The molecule has 1 aliphatic heterocycles. The molecule has 1 atom stereocenters. The lowest BCUT2D eigenvalue weighted by Crippen LogP contribution is -2.43. The van der Waals surface area contributed by atoms with Crippen LogP contribution < -0.4 is 15.0 Å². The van der Waals surface area contributed by atoms with Crippen molar-refractivity contribution in [3.63, 3.8) is 0 Å². The van der Waals surface area contributed by atoms with E-state index in [1.165, 1.54) is 46.4 Å². The smallest absolute Gasteiger partial charge is 0.406 e. The number of anilines is 1. The van der Waals surface area contributed by atoms with Crippen LogP contribution in [-0.4, -0.2) is 44.1 Å². The molecule has 1 saturated carbocycles. The van der Waals surface area contributed by atoms with Gasteiger partial charge in [-0.05, 0) is 86.1 Å². The second-order valence-electron chi connectivity index (χ2n) is 12.1. The van der Waals surface area contributed by atoms with Crippen molar-refractivity contribution in [1.29, 1.82) is 0 Å². The molecular formula is C34H35F3N6O2S. The molecule has 1 aromatic heterocycles. The van der Waals surface area contributed by atoms with Gasteiger partial charge in [0.15, 0.2) is 11.0 Å². The fraction of sp³-hybridized carbons (Fsp3) is 0.353. The molecule has 6 rings (SSSR count). The van der Waals surface area contributed by atoms with E-state index < -0.39 is 11.9 Å². The number of nitrogens with zero attached hydrogens (tertiary/aromatic N) is 5. The van der Waals surface area contributed by atoms with Gasteiger partial charge in [0.1, 0.15) is 12.1 Å². The number of hydrogen-bond donors (Lipinski definition) is 1. The molecule has 1 saturated heterocycles. The van der Waals surface area contributed by atoms with Crippen LogP contribution in [0.25, 0.3) is 17.1 Å². The SMILES string of the molecule is Cc1ccc(C(C)C)c(N2C(=NC(=O)NC3(c4ccc(-c5ncn(-c6ccc(OC(F)(F)F)cc6)n5)cc4)CC3)SCCC2C)c1. The first-order chi connectivity index (χ1) is 21.9. The molecule has 1 unspecified atom stereocenters.